The molecule has 0 aliphatic heterocycles. The first-order valence-electron chi connectivity index (χ1n) is 6.28. The van der Waals surface area contributed by atoms with Crippen molar-refractivity contribution in [1.82, 2.24) is 0 Å². The van der Waals surface area contributed by atoms with E-state index in [2.05, 4.69) is 46.8 Å². The van der Waals surface area contributed by atoms with Crippen molar-refractivity contribution in [3.05, 3.63) is 34.4 Å². The Balaban J connectivity index is 3.38. The number of hydrogen-bond donors (Lipinski definition) is 0. The van der Waals surface area contributed by atoms with E-state index in [-0.39, 0.29) is 4.87 Å². The maximum atomic E-state index is 6.47. The van der Waals surface area contributed by atoms with E-state index in [0.29, 0.717) is 0 Å². The number of rotatable bonds is 4. The Hall–Kier alpha value is -0.490. The smallest absolute Gasteiger partial charge is 0.0641 e. The van der Waals surface area contributed by atoms with Crippen LogP contribution in [-0.2, 0) is 24.1 Å². The van der Waals surface area contributed by atoms with Gasteiger partial charge < -0.3 is 0 Å². The molecule has 0 heterocycles. The molecule has 0 radical (unpaired) electrons. The molecule has 90 valence electrons. The van der Waals surface area contributed by atoms with Gasteiger partial charge in [0.05, 0.1) is 4.87 Å². The monoisotopic (exact) mass is 238 g/mol. The maximum absolute atomic E-state index is 6.47. The van der Waals surface area contributed by atoms with Gasteiger partial charge in [-0.1, -0.05) is 32.9 Å². The molecule has 1 aromatic carbocycles. The SMILES string of the molecule is CCc1cc(CC)c(C(C)(C)Cl)cc1CC. The van der Waals surface area contributed by atoms with Gasteiger partial charge >= 0.3 is 0 Å². The van der Waals surface area contributed by atoms with Crippen LogP contribution in [0.4, 0.5) is 0 Å². The summed E-state index contributed by atoms with van der Waals surface area (Å²) in [7, 11) is 0. The van der Waals surface area contributed by atoms with Gasteiger partial charge in [-0.15, -0.1) is 11.6 Å². The first kappa shape index (κ1) is 13.6. The van der Waals surface area contributed by atoms with Gasteiger partial charge in [0.1, 0.15) is 0 Å². The first-order valence-corrected chi connectivity index (χ1v) is 6.65. The van der Waals surface area contributed by atoms with E-state index < -0.39 is 0 Å². The summed E-state index contributed by atoms with van der Waals surface area (Å²) in [6.07, 6.45) is 3.26. The Kier molecular flexibility index (Phi) is 4.43. The van der Waals surface area contributed by atoms with Crippen LogP contribution in [0, 0.1) is 0 Å². The molecule has 0 nitrogen and oxygen atoms in total. The van der Waals surface area contributed by atoms with Gasteiger partial charge in [-0.2, -0.15) is 0 Å². The lowest BCUT2D eigenvalue weighted by Crippen LogP contribution is -2.12. The zero-order chi connectivity index (χ0) is 12.3. The molecule has 0 unspecified atom stereocenters. The molecule has 1 rings (SSSR count). The van der Waals surface area contributed by atoms with E-state index in [1.54, 1.807) is 0 Å². The van der Waals surface area contributed by atoms with E-state index in [9.17, 15) is 0 Å². The van der Waals surface area contributed by atoms with Gasteiger partial charge in [-0.3, -0.25) is 0 Å². The Morgan fingerprint density at radius 3 is 1.69 bits per heavy atom. The lowest BCUT2D eigenvalue weighted by atomic mass is 9.89. The average molecular weight is 239 g/mol. The van der Waals surface area contributed by atoms with E-state index in [4.69, 9.17) is 11.6 Å². The maximum Gasteiger partial charge on any atom is 0.0641 e. The second-order valence-corrected chi connectivity index (χ2v) is 5.76. The zero-order valence-electron chi connectivity index (χ0n) is 11.2. The van der Waals surface area contributed by atoms with Crippen LogP contribution in [0.5, 0.6) is 0 Å². The fourth-order valence-electron chi connectivity index (χ4n) is 2.24. The lowest BCUT2D eigenvalue weighted by molar-refractivity contribution is 0.747. The molecule has 0 saturated carbocycles. The summed E-state index contributed by atoms with van der Waals surface area (Å²) >= 11 is 6.47. The molecule has 1 heteroatoms. The van der Waals surface area contributed by atoms with Gasteiger partial charge in [0.25, 0.3) is 0 Å². The summed E-state index contributed by atoms with van der Waals surface area (Å²) in [5.41, 5.74) is 5.62. The number of halogens is 1. The quantitative estimate of drug-likeness (QED) is 0.658. The minimum atomic E-state index is -0.262. The standard InChI is InChI=1S/C15H23Cl/c1-6-11-9-13(8-3)14(15(4,5)16)10-12(11)7-2/h9-10H,6-8H2,1-5H3. The largest absolute Gasteiger partial charge is 0.115 e. The molecule has 0 aliphatic rings. The Morgan fingerprint density at radius 1 is 0.875 bits per heavy atom. The van der Waals surface area contributed by atoms with Crippen molar-refractivity contribution >= 4 is 11.6 Å². The molecule has 0 atom stereocenters. The number of hydrogen-bond acceptors (Lipinski definition) is 0. The molecular formula is C15H23Cl. The number of alkyl halides is 1. The second kappa shape index (κ2) is 5.23. The normalized spacial score (nSPS) is 11.9. The highest BCUT2D eigenvalue weighted by Crippen LogP contribution is 2.33. The molecule has 0 spiro atoms. The molecule has 0 bridgehead atoms. The third-order valence-electron chi connectivity index (χ3n) is 3.21. The molecule has 0 aliphatic carbocycles. The summed E-state index contributed by atoms with van der Waals surface area (Å²) in [5.74, 6) is 0. The summed E-state index contributed by atoms with van der Waals surface area (Å²) in [6.45, 7) is 10.8. The molecule has 0 aromatic heterocycles. The number of benzene rings is 1. The van der Waals surface area contributed by atoms with Crippen LogP contribution in [0.2, 0.25) is 0 Å². The molecule has 0 N–H and O–H groups in total. The van der Waals surface area contributed by atoms with Crippen molar-refractivity contribution in [3.63, 3.8) is 0 Å². The average Bonchev–Trinajstić information content (AvgIpc) is 2.25. The minimum absolute atomic E-state index is 0.262. The summed E-state index contributed by atoms with van der Waals surface area (Å²) < 4.78 is 0. The van der Waals surface area contributed by atoms with Gasteiger partial charge in [0.2, 0.25) is 0 Å². The Morgan fingerprint density at radius 2 is 1.31 bits per heavy atom. The van der Waals surface area contributed by atoms with E-state index in [0.717, 1.165) is 19.3 Å². The predicted octanol–water partition coefficient (Wildman–Crippen LogP) is 4.85. The van der Waals surface area contributed by atoms with E-state index in [1.807, 2.05) is 0 Å². The zero-order valence-corrected chi connectivity index (χ0v) is 11.9. The third kappa shape index (κ3) is 2.79. The van der Waals surface area contributed by atoms with Crippen molar-refractivity contribution in [1.29, 1.82) is 0 Å². The topological polar surface area (TPSA) is 0 Å². The molecule has 1 aromatic rings. The Labute approximate surface area is 105 Å². The van der Waals surface area contributed by atoms with E-state index >= 15 is 0 Å². The highest BCUT2D eigenvalue weighted by atomic mass is 35.5. The molecule has 0 amide bonds. The summed E-state index contributed by atoms with van der Waals surface area (Å²) in [5, 5.41) is 0. The van der Waals surface area contributed by atoms with Crippen molar-refractivity contribution in [3.8, 4) is 0 Å². The number of aryl methyl sites for hydroxylation is 3. The highest BCUT2D eigenvalue weighted by Gasteiger charge is 2.21. The van der Waals surface area contributed by atoms with Crippen LogP contribution < -0.4 is 0 Å². The van der Waals surface area contributed by atoms with Crippen LogP contribution in [0.25, 0.3) is 0 Å². The fourth-order valence-corrected chi connectivity index (χ4v) is 2.42. The van der Waals surface area contributed by atoms with Gasteiger partial charge in [-0.25, -0.2) is 0 Å². The van der Waals surface area contributed by atoms with Gasteiger partial charge in [0, 0.05) is 0 Å². The third-order valence-corrected chi connectivity index (χ3v) is 3.41. The molecular weight excluding hydrogens is 216 g/mol. The lowest BCUT2D eigenvalue weighted by Gasteiger charge is -2.23. The molecule has 0 saturated heterocycles. The molecule has 16 heavy (non-hydrogen) atoms. The first-order chi connectivity index (χ1) is 7.43. The van der Waals surface area contributed by atoms with Crippen molar-refractivity contribution in [2.75, 3.05) is 0 Å². The van der Waals surface area contributed by atoms with Crippen LogP contribution >= 0.6 is 11.6 Å². The van der Waals surface area contributed by atoms with Crippen LogP contribution in [0.1, 0.15) is 56.9 Å². The molecule has 0 fully saturated rings. The Bertz CT molecular complexity index is 358. The van der Waals surface area contributed by atoms with Gasteiger partial charge in [-0.05, 0) is 55.4 Å². The summed E-state index contributed by atoms with van der Waals surface area (Å²) in [6, 6.07) is 4.66. The fraction of sp³-hybridized carbons (Fsp3) is 0.600. The summed E-state index contributed by atoms with van der Waals surface area (Å²) in [4.78, 5) is -0.262. The van der Waals surface area contributed by atoms with E-state index in [1.165, 1.54) is 22.3 Å². The van der Waals surface area contributed by atoms with Crippen LogP contribution in [0.15, 0.2) is 12.1 Å². The van der Waals surface area contributed by atoms with Crippen molar-refractivity contribution < 1.29 is 0 Å². The van der Waals surface area contributed by atoms with Crippen LogP contribution in [-0.4, -0.2) is 0 Å². The van der Waals surface area contributed by atoms with Crippen LogP contribution in [0.3, 0.4) is 0 Å². The minimum Gasteiger partial charge on any atom is -0.115 e. The van der Waals surface area contributed by atoms with Crippen molar-refractivity contribution in [2.24, 2.45) is 0 Å². The highest BCUT2D eigenvalue weighted by molar-refractivity contribution is 6.23. The van der Waals surface area contributed by atoms with Gasteiger partial charge in [0.15, 0.2) is 0 Å². The van der Waals surface area contributed by atoms with Crippen molar-refractivity contribution in [2.45, 2.75) is 58.8 Å². The second-order valence-electron chi connectivity index (χ2n) is 4.81. The predicted molar refractivity (Wildman–Crippen MR) is 73.5 cm³/mol.